The molecule has 6 rings (SSSR count). The van der Waals surface area contributed by atoms with E-state index in [0.29, 0.717) is 21.1 Å². The first kappa shape index (κ1) is 20.8. The van der Waals surface area contributed by atoms with Gasteiger partial charge in [0.1, 0.15) is 0 Å². The molecule has 2 aliphatic carbocycles. The molecule has 2 aromatic heterocycles. The monoisotopic (exact) mass is 499 g/mol. The van der Waals surface area contributed by atoms with Crippen molar-refractivity contribution < 1.29 is 4.79 Å². The number of hydrogen-bond donors (Lipinski definition) is 0. The van der Waals surface area contributed by atoms with Gasteiger partial charge in [0.05, 0.1) is 48.1 Å². The van der Waals surface area contributed by atoms with E-state index < -0.39 is 5.41 Å². The minimum atomic E-state index is -0.729. The van der Waals surface area contributed by atoms with Gasteiger partial charge < -0.3 is 0 Å². The fraction of sp³-hybridized carbons (Fsp3) is 0.333. The van der Waals surface area contributed by atoms with Crippen molar-refractivity contribution in [1.82, 2.24) is 15.0 Å². The molecular formula is C24H19Cl2N3OS2. The molecule has 8 heteroatoms. The summed E-state index contributed by atoms with van der Waals surface area (Å²) in [5.41, 5.74) is 2.69. The maximum absolute atomic E-state index is 14.1. The Balaban J connectivity index is 1.52. The van der Waals surface area contributed by atoms with Crippen LogP contribution in [0.3, 0.4) is 0 Å². The molecule has 2 aliphatic rings. The number of fused-ring (bicyclic) bond motifs is 7. The lowest BCUT2D eigenvalue weighted by molar-refractivity contribution is -0.119. The van der Waals surface area contributed by atoms with Gasteiger partial charge in [0.25, 0.3) is 0 Å². The fourth-order valence-electron chi connectivity index (χ4n) is 5.61. The van der Waals surface area contributed by atoms with Crippen LogP contribution in [-0.4, -0.2) is 20.1 Å². The molecule has 32 heavy (non-hydrogen) atoms. The summed E-state index contributed by atoms with van der Waals surface area (Å²) in [6.07, 6.45) is 1.64. The molecule has 1 fully saturated rings. The average Bonchev–Trinajstić information content (AvgIpc) is 3.29. The first-order chi connectivity index (χ1) is 15.2. The highest BCUT2D eigenvalue weighted by Crippen LogP contribution is 2.71. The zero-order valence-electron chi connectivity index (χ0n) is 17.7. The quantitative estimate of drug-likeness (QED) is 0.273. The zero-order chi connectivity index (χ0) is 22.5. The van der Waals surface area contributed by atoms with Gasteiger partial charge in [-0.15, -0.1) is 11.3 Å². The predicted octanol–water partition coefficient (Wildman–Crippen LogP) is 7.19. The summed E-state index contributed by atoms with van der Waals surface area (Å²) in [6.45, 7) is 6.59. The van der Waals surface area contributed by atoms with Crippen molar-refractivity contribution in [2.45, 2.75) is 48.8 Å². The van der Waals surface area contributed by atoms with E-state index in [0.717, 1.165) is 38.8 Å². The van der Waals surface area contributed by atoms with Crippen LogP contribution >= 0.6 is 46.3 Å². The molecule has 2 aromatic carbocycles. The molecule has 0 saturated heterocycles. The van der Waals surface area contributed by atoms with Gasteiger partial charge in [-0.05, 0) is 54.3 Å². The SMILES string of the molecule is CC12CCC(C(=O)Sc3nc4ccccc4s3)(c3nc4cc(Cl)c(Cl)cc4nc31)C2(C)C. The fourth-order valence-corrected chi connectivity index (χ4v) is 8.22. The van der Waals surface area contributed by atoms with Crippen molar-refractivity contribution in [3.63, 3.8) is 0 Å². The third-order valence-electron chi connectivity index (χ3n) is 7.88. The number of halogens is 2. The number of hydrogen-bond acceptors (Lipinski definition) is 6. The summed E-state index contributed by atoms with van der Waals surface area (Å²) in [7, 11) is 0. The lowest BCUT2D eigenvalue weighted by Gasteiger charge is -2.39. The molecule has 0 radical (unpaired) electrons. The van der Waals surface area contributed by atoms with E-state index >= 15 is 0 Å². The van der Waals surface area contributed by atoms with E-state index in [2.05, 4.69) is 25.8 Å². The third kappa shape index (κ3) is 2.47. The van der Waals surface area contributed by atoms with Gasteiger partial charge >= 0.3 is 0 Å². The number of rotatable bonds is 2. The average molecular weight is 500 g/mol. The molecule has 4 aromatic rings. The maximum Gasteiger partial charge on any atom is 0.208 e. The van der Waals surface area contributed by atoms with Gasteiger partial charge in [0.15, 0.2) is 4.34 Å². The molecule has 0 N–H and O–H groups in total. The molecule has 0 spiro atoms. The van der Waals surface area contributed by atoms with E-state index in [4.69, 9.17) is 33.2 Å². The number of thiazole rings is 1. The number of para-hydroxylation sites is 1. The van der Waals surface area contributed by atoms with Crippen LogP contribution in [0.1, 0.15) is 45.0 Å². The Morgan fingerprint density at radius 2 is 1.59 bits per heavy atom. The van der Waals surface area contributed by atoms with Gasteiger partial charge in [-0.25, -0.2) is 15.0 Å². The smallest absolute Gasteiger partial charge is 0.208 e. The molecule has 0 amide bonds. The highest BCUT2D eigenvalue weighted by molar-refractivity contribution is 8.15. The largest absolute Gasteiger partial charge is 0.286 e. The Hall–Kier alpha value is -1.73. The predicted molar refractivity (Wildman–Crippen MR) is 132 cm³/mol. The van der Waals surface area contributed by atoms with Crippen LogP contribution in [0.4, 0.5) is 0 Å². The zero-order valence-corrected chi connectivity index (χ0v) is 20.8. The van der Waals surface area contributed by atoms with E-state index in [1.54, 1.807) is 23.5 Å². The van der Waals surface area contributed by atoms with Crippen molar-refractivity contribution in [3.05, 3.63) is 57.8 Å². The first-order valence-corrected chi connectivity index (χ1v) is 12.8. The van der Waals surface area contributed by atoms with Crippen molar-refractivity contribution in [2.24, 2.45) is 5.41 Å². The summed E-state index contributed by atoms with van der Waals surface area (Å²) in [5.74, 6) is 0. The van der Waals surface area contributed by atoms with E-state index in [9.17, 15) is 4.79 Å². The maximum atomic E-state index is 14.1. The Kier molecular flexibility index (Phi) is 4.34. The van der Waals surface area contributed by atoms with Crippen molar-refractivity contribution >= 4 is 72.7 Å². The van der Waals surface area contributed by atoms with Gasteiger partial charge in [-0.3, -0.25) is 4.79 Å². The van der Waals surface area contributed by atoms with Crippen molar-refractivity contribution in [3.8, 4) is 0 Å². The molecule has 162 valence electrons. The van der Waals surface area contributed by atoms with Gasteiger partial charge in [-0.1, -0.05) is 56.1 Å². The van der Waals surface area contributed by atoms with Crippen LogP contribution in [0.2, 0.25) is 10.0 Å². The van der Waals surface area contributed by atoms with Crippen LogP contribution in [0.15, 0.2) is 40.7 Å². The summed E-state index contributed by atoms with van der Waals surface area (Å²) < 4.78 is 1.85. The minimum absolute atomic E-state index is 0.0951. The second-order valence-electron chi connectivity index (χ2n) is 9.38. The second-order valence-corrected chi connectivity index (χ2v) is 12.4. The van der Waals surface area contributed by atoms with Crippen LogP contribution in [0.25, 0.3) is 21.3 Å². The Bertz CT molecular complexity index is 1430. The molecule has 2 unspecified atom stereocenters. The highest BCUT2D eigenvalue weighted by Gasteiger charge is 2.73. The summed E-state index contributed by atoms with van der Waals surface area (Å²) in [6, 6.07) is 11.5. The molecule has 0 aliphatic heterocycles. The van der Waals surface area contributed by atoms with E-state index in [1.807, 2.05) is 24.3 Å². The second kappa shape index (κ2) is 6.66. The summed E-state index contributed by atoms with van der Waals surface area (Å²) >= 11 is 15.3. The number of carbonyl (C=O) groups is 1. The van der Waals surface area contributed by atoms with Crippen LogP contribution < -0.4 is 0 Å². The molecule has 2 heterocycles. The molecule has 2 bridgehead atoms. The number of nitrogens with zero attached hydrogens (tertiary/aromatic N) is 3. The van der Waals surface area contributed by atoms with Crippen LogP contribution in [0.5, 0.6) is 0 Å². The van der Waals surface area contributed by atoms with Crippen LogP contribution in [0, 0.1) is 5.41 Å². The summed E-state index contributed by atoms with van der Waals surface area (Å²) in [5, 5.41) is 0.988. The highest BCUT2D eigenvalue weighted by atomic mass is 35.5. The molecular weight excluding hydrogens is 481 g/mol. The van der Waals surface area contributed by atoms with Gasteiger partial charge in [0.2, 0.25) is 5.12 Å². The van der Waals surface area contributed by atoms with Gasteiger partial charge in [0, 0.05) is 5.41 Å². The number of carbonyl (C=O) groups excluding carboxylic acids is 1. The molecule has 1 saturated carbocycles. The number of thioether (sulfide) groups is 1. The Labute approximate surface area is 203 Å². The number of benzene rings is 2. The first-order valence-electron chi connectivity index (χ1n) is 10.4. The summed E-state index contributed by atoms with van der Waals surface area (Å²) in [4.78, 5) is 28.8. The Morgan fingerprint density at radius 1 is 0.938 bits per heavy atom. The Morgan fingerprint density at radius 3 is 2.28 bits per heavy atom. The van der Waals surface area contributed by atoms with E-state index in [-0.39, 0.29) is 15.9 Å². The van der Waals surface area contributed by atoms with Crippen molar-refractivity contribution in [2.75, 3.05) is 0 Å². The minimum Gasteiger partial charge on any atom is -0.286 e. The van der Waals surface area contributed by atoms with Crippen LogP contribution in [-0.2, 0) is 15.6 Å². The lowest BCUT2D eigenvalue weighted by Crippen LogP contribution is -2.44. The van der Waals surface area contributed by atoms with Crippen molar-refractivity contribution in [1.29, 1.82) is 0 Å². The van der Waals surface area contributed by atoms with Gasteiger partial charge in [-0.2, -0.15) is 0 Å². The molecule has 4 nitrogen and oxygen atoms in total. The third-order valence-corrected chi connectivity index (χ3v) is 10.7. The topological polar surface area (TPSA) is 55.7 Å². The van der Waals surface area contributed by atoms with E-state index in [1.165, 1.54) is 11.8 Å². The number of aromatic nitrogens is 3. The standard InChI is InChI=1S/C24H19Cl2N3OS2/c1-22(2)23(3)8-9-24(22,20(30)32-21-29-14-6-4-5-7-17(14)31-21)19-18(23)27-15-10-12(25)13(26)11-16(15)28-19/h4-7,10-11H,8-9H2,1-3H3. The normalized spacial score (nSPS) is 25.5. The lowest BCUT2D eigenvalue weighted by atomic mass is 9.64. The molecule has 2 atom stereocenters.